The number of amides is 1. The van der Waals surface area contributed by atoms with Crippen molar-refractivity contribution < 1.29 is 14.3 Å². The zero-order valence-corrected chi connectivity index (χ0v) is 18.1. The summed E-state index contributed by atoms with van der Waals surface area (Å²) in [4.78, 5) is 24.4. The topological polar surface area (TPSA) is 84.7 Å². The van der Waals surface area contributed by atoms with Crippen LogP contribution < -0.4 is 16.2 Å². The zero-order chi connectivity index (χ0) is 21.8. The Hall–Kier alpha value is -2.88. The molecule has 0 spiro atoms. The molecule has 1 heterocycles. The maximum absolute atomic E-state index is 12.6. The molecule has 0 unspecified atom stereocenters. The summed E-state index contributed by atoms with van der Waals surface area (Å²) >= 11 is 12.8. The molecule has 1 aliphatic rings. The molecule has 0 bridgehead atoms. The van der Waals surface area contributed by atoms with Crippen LogP contribution in [0, 0.1) is 12.0 Å². The SMILES string of the molecule is COC(=O)[C@H]1C[C@H](c2ccc(CC#CN)cc2)c2c(Cl)cc(Cl)cc2N1NC(C)=O. The Labute approximate surface area is 185 Å². The number of halogens is 2. The number of methoxy groups -OCH3 is 1. The molecule has 30 heavy (non-hydrogen) atoms. The molecule has 2 aromatic rings. The number of nitrogens with one attached hydrogen (secondary N) is 1. The molecular weight excluding hydrogens is 425 g/mol. The van der Waals surface area contributed by atoms with E-state index in [9.17, 15) is 9.59 Å². The van der Waals surface area contributed by atoms with E-state index in [2.05, 4.69) is 17.4 Å². The molecule has 6 nitrogen and oxygen atoms in total. The van der Waals surface area contributed by atoms with Crippen LogP contribution in [0.15, 0.2) is 36.4 Å². The third-order valence-corrected chi connectivity index (χ3v) is 5.51. The van der Waals surface area contributed by atoms with Gasteiger partial charge in [-0.05, 0) is 29.7 Å². The Balaban J connectivity index is 2.12. The fourth-order valence-electron chi connectivity index (χ4n) is 3.70. The predicted molar refractivity (Wildman–Crippen MR) is 117 cm³/mol. The van der Waals surface area contributed by atoms with Crippen molar-refractivity contribution >= 4 is 40.8 Å². The lowest BCUT2D eigenvalue weighted by atomic mass is 9.81. The van der Waals surface area contributed by atoms with Gasteiger partial charge < -0.3 is 10.5 Å². The number of rotatable bonds is 4. The fourth-order valence-corrected chi connectivity index (χ4v) is 4.31. The Morgan fingerprint density at radius 2 is 1.97 bits per heavy atom. The molecule has 3 N–H and O–H groups in total. The molecule has 8 heteroatoms. The van der Waals surface area contributed by atoms with E-state index < -0.39 is 12.0 Å². The lowest BCUT2D eigenvalue weighted by Crippen LogP contribution is -2.55. The number of anilines is 1. The Kier molecular flexibility index (Phi) is 6.76. The summed E-state index contributed by atoms with van der Waals surface area (Å²) in [5, 5.41) is 2.34. The second kappa shape index (κ2) is 9.29. The lowest BCUT2D eigenvalue weighted by molar-refractivity contribution is -0.142. The number of carbonyl (C=O) groups is 2. The summed E-state index contributed by atoms with van der Waals surface area (Å²) in [6, 6.07) is 12.9. The average Bonchev–Trinajstić information content (AvgIpc) is 2.72. The van der Waals surface area contributed by atoms with E-state index >= 15 is 0 Å². The molecule has 0 fully saturated rings. The third kappa shape index (κ3) is 4.48. The van der Waals surface area contributed by atoms with Gasteiger partial charge in [-0.15, -0.1) is 0 Å². The van der Waals surface area contributed by atoms with Gasteiger partial charge in [-0.3, -0.25) is 15.2 Å². The van der Waals surface area contributed by atoms with Crippen molar-refractivity contribution in [2.45, 2.75) is 31.7 Å². The molecule has 0 radical (unpaired) electrons. The Morgan fingerprint density at radius 3 is 2.57 bits per heavy atom. The van der Waals surface area contributed by atoms with Gasteiger partial charge in [0, 0.05) is 40.9 Å². The summed E-state index contributed by atoms with van der Waals surface area (Å²) in [6.45, 7) is 1.37. The van der Waals surface area contributed by atoms with Gasteiger partial charge in [-0.2, -0.15) is 0 Å². The number of carbonyl (C=O) groups excluding carboxylic acids is 2. The number of hydrazine groups is 1. The normalized spacial score (nSPS) is 17.4. The summed E-state index contributed by atoms with van der Waals surface area (Å²) < 4.78 is 5.00. The smallest absolute Gasteiger partial charge is 0.330 e. The van der Waals surface area contributed by atoms with Gasteiger partial charge in [0.25, 0.3) is 0 Å². The van der Waals surface area contributed by atoms with Crippen molar-refractivity contribution in [3.63, 3.8) is 0 Å². The molecule has 2 atom stereocenters. The third-order valence-electron chi connectivity index (χ3n) is 4.98. The Morgan fingerprint density at radius 1 is 1.27 bits per heavy atom. The highest BCUT2D eigenvalue weighted by Gasteiger charge is 2.40. The number of hydrogen-bond donors (Lipinski definition) is 2. The van der Waals surface area contributed by atoms with Crippen LogP contribution in [0.2, 0.25) is 10.0 Å². The van der Waals surface area contributed by atoms with Gasteiger partial charge in [-0.25, -0.2) is 4.79 Å². The minimum absolute atomic E-state index is 0.200. The summed E-state index contributed by atoms with van der Waals surface area (Å²) in [5.41, 5.74) is 11.3. The van der Waals surface area contributed by atoms with Gasteiger partial charge >= 0.3 is 5.97 Å². The van der Waals surface area contributed by atoms with Crippen molar-refractivity contribution in [2.24, 2.45) is 5.73 Å². The molecular formula is C22H21Cl2N3O3. The Bertz CT molecular complexity index is 1030. The number of esters is 1. The first-order chi connectivity index (χ1) is 14.3. The van der Waals surface area contributed by atoms with Crippen molar-refractivity contribution in [1.82, 2.24) is 5.43 Å². The van der Waals surface area contributed by atoms with E-state index in [0.29, 0.717) is 28.6 Å². The van der Waals surface area contributed by atoms with E-state index in [4.69, 9.17) is 33.7 Å². The standard InChI is InChI=1S/C22H21Cl2N3O3/c1-13(28)26-27-19-11-16(23)10-18(24)21(19)17(12-20(27)22(29)30-2)15-7-5-14(6-8-15)4-3-9-25/h5-8,10-11,17,20H,4,12,25H2,1-2H3,(H,26,28)/t17-,20-/m1/s1. The van der Waals surface area contributed by atoms with Gasteiger partial charge in [0.05, 0.1) is 12.8 Å². The highest BCUT2D eigenvalue weighted by atomic mass is 35.5. The number of nitrogens with zero attached hydrogens (tertiary/aromatic N) is 1. The minimum atomic E-state index is -0.742. The first kappa shape index (κ1) is 21.8. The fraction of sp³-hybridized carbons (Fsp3) is 0.273. The molecule has 0 saturated heterocycles. The molecule has 0 aliphatic carbocycles. The van der Waals surface area contributed by atoms with Gasteiger partial charge in [0.1, 0.15) is 6.04 Å². The van der Waals surface area contributed by atoms with E-state index in [1.54, 1.807) is 12.1 Å². The van der Waals surface area contributed by atoms with Crippen LogP contribution in [0.1, 0.15) is 36.0 Å². The van der Waals surface area contributed by atoms with Crippen LogP contribution >= 0.6 is 23.2 Å². The second-order valence-corrected chi connectivity index (χ2v) is 7.77. The van der Waals surface area contributed by atoms with Crippen molar-refractivity contribution in [2.75, 3.05) is 12.1 Å². The van der Waals surface area contributed by atoms with E-state index in [1.165, 1.54) is 19.0 Å². The first-order valence-corrected chi connectivity index (χ1v) is 10.0. The molecule has 156 valence electrons. The number of hydrogen-bond acceptors (Lipinski definition) is 5. The van der Waals surface area contributed by atoms with Gasteiger partial charge in [0.15, 0.2) is 0 Å². The van der Waals surface area contributed by atoms with Crippen molar-refractivity contribution in [1.29, 1.82) is 0 Å². The van der Waals surface area contributed by atoms with E-state index in [1.807, 2.05) is 24.3 Å². The minimum Gasteiger partial charge on any atom is -0.467 e. The van der Waals surface area contributed by atoms with Crippen LogP contribution in [-0.2, 0) is 20.7 Å². The zero-order valence-electron chi connectivity index (χ0n) is 16.5. The van der Waals surface area contributed by atoms with Gasteiger partial charge in [-0.1, -0.05) is 53.4 Å². The summed E-state index contributed by atoms with van der Waals surface area (Å²) in [7, 11) is 1.32. The molecule has 1 amide bonds. The van der Waals surface area contributed by atoms with Gasteiger partial charge in [0.2, 0.25) is 5.91 Å². The second-order valence-electron chi connectivity index (χ2n) is 6.93. The number of nitrogens with two attached hydrogens (primary N) is 1. The number of benzene rings is 2. The highest BCUT2D eigenvalue weighted by Crippen LogP contribution is 2.46. The molecule has 3 rings (SSSR count). The van der Waals surface area contributed by atoms with Crippen LogP contribution in [0.5, 0.6) is 0 Å². The summed E-state index contributed by atoms with van der Waals surface area (Å²) in [6.07, 6.45) is 0.915. The van der Waals surface area contributed by atoms with Crippen LogP contribution in [0.25, 0.3) is 0 Å². The lowest BCUT2D eigenvalue weighted by Gasteiger charge is -2.41. The number of ether oxygens (including phenoxy) is 1. The molecule has 2 aromatic carbocycles. The first-order valence-electron chi connectivity index (χ1n) is 9.26. The quantitative estimate of drug-likeness (QED) is 0.427. The summed E-state index contributed by atoms with van der Waals surface area (Å²) in [5.74, 6) is 1.84. The van der Waals surface area contributed by atoms with E-state index in [-0.39, 0.29) is 11.8 Å². The highest BCUT2D eigenvalue weighted by molar-refractivity contribution is 6.35. The van der Waals surface area contributed by atoms with Crippen LogP contribution in [0.4, 0.5) is 5.69 Å². The van der Waals surface area contributed by atoms with Crippen molar-refractivity contribution in [3.05, 3.63) is 63.1 Å². The average molecular weight is 446 g/mol. The van der Waals surface area contributed by atoms with Crippen LogP contribution in [-0.4, -0.2) is 25.0 Å². The maximum atomic E-state index is 12.6. The van der Waals surface area contributed by atoms with E-state index in [0.717, 1.165) is 16.7 Å². The number of fused-ring (bicyclic) bond motifs is 1. The molecule has 0 aromatic heterocycles. The maximum Gasteiger partial charge on any atom is 0.330 e. The van der Waals surface area contributed by atoms with Crippen molar-refractivity contribution in [3.8, 4) is 12.0 Å². The monoisotopic (exact) mass is 445 g/mol. The molecule has 1 aliphatic heterocycles. The predicted octanol–water partition coefficient (Wildman–Crippen LogP) is 3.39. The molecule has 0 saturated carbocycles. The largest absolute Gasteiger partial charge is 0.467 e. The van der Waals surface area contributed by atoms with Crippen LogP contribution in [0.3, 0.4) is 0 Å².